The Morgan fingerprint density at radius 2 is 1.89 bits per heavy atom. The zero-order chi connectivity index (χ0) is 13.8. The Morgan fingerprint density at radius 3 is 2.39 bits per heavy atom. The summed E-state index contributed by atoms with van der Waals surface area (Å²) in [6.07, 6.45) is 0. The van der Waals surface area contributed by atoms with Crippen LogP contribution in [0.5, 0.6) is 0 Å². The van der Waals surface area contributed by atoms with Gasteiger partial charge in [0, 0.05) is 51.3 Å². The summed E-state index contributed by atoms with van der Waals surface area (Å²) in [6, 6.07) is 4.55. The van der Waals surface area contributed by atoms with Crippen molar-refractivity contribution >= 4 is 28.3 Å². The minimum Gasteiger partial charge on any atom is -0.258 e. The highest BCUT2D eigenvalue weighted by atomic mass is 127. The molecule has 92 valence electrons. The smallest absolute Gasteiger partial charge is 0.258 e. The van der Waals surface area contributed by atoms with Gasteiger partial charge in [0.15, 0.2) is 0 Å². The van der Waals surface area contributed by atoms with Gasteiger partial charge in [-0.25, -0.2) is 0 Å². The van der Waals surface area contributed by atoms with Crippen LogP contribution >= 0.6 is 22.6 Å². The average molecular weight is 353 g/mol. The van der Waals surface area contributed by atoms with Crippen LogP contribution in [-0.2, 0) is 0 Å². The molecule has 0 amide bonds. The average Bonchev–Trinajstić information content (AvgIpc) is 2.26. The van der Waals surface area contributed by atoms with Crippen LogP contribution in [-0.4, -0.2) is 4.92 Å². The fourth-order valence-electron chi connectivity index (χ4n) is 1.16. The molecule has 3 nitrogen and oxygen atoms in total. The molecule has 0 aliphatic carbocycles. The molecule has 0 saturated heterocycles. The first kappa shape index (κ1) is 14.5. The topological polar surface area (TPSA) is 43.1 Å². The van der Waals surface area contributed by atoms with Gasteiger partial charge in [-0.15, -0.1) is 0 Å². The third-order valence-corrected chi connectivity index (χ3v) is 2.24. The van der Waals surface area contributed by atoms with Crippen molar-refractivity contribution in [3.63, 3.8) is 0 Å². The number of non-ortho nitro benzene ring substituents is 1. The lowest BCUT2D eigenvalue weighted by Gasteiger charge is -2.07. The van der Waals surface area contributed by atoms with Crippen molar-refractivity contribution in [2.45, 2.75) is 20.8 Å². The normalized spacial score (nSPS) is 9.78. The molecule has 1 rings (SSSR count). The van der Waals surface area contributed by atoms with Crippen molar-refractivity contribution < 1.29 is 4.92 Å². The van der Waals surface area contributed by atoms with Crippen molar-refractivity contribution in [1.29, 1.82) is 0 Å². The molecule has 0 aromatic heterocycles. The Bertz CT molecular complexity index is 592. The zero-order valence-corrected chi connectivity index (χ0v) is 12.5. The fourth-order valence-corrected chi connectivity index (χ4v) is 1.45. The van der Waals surface area contributed by atoms with Gasteiger partial charge in [-0.05, 0) is 30.8 Å². The van der Waals surface area contributed by atoms with E-state index in [1.807, 2.05) is 43.4 Å². The van der Waals surface area contributed by atoms with E-state index in [4.69, 9.17) is 0 Å². The summed E-state index contributed by atoms with van der Waals surface area (Å²) in [4.78, 5) is 10.3. The van der Waals surface area contributed by atoms with Crippen LogP contribution < -0.4 is 0 Å². The van der Waals surface area contributed by atoms with Gasteiger partial charge in [0.25, 0.3) is 5.69 Å². The van der Waals surface area contributed by atoms with Crippen molar-refractivity contribution in [3.05, 3.63) is 39.4 Å². The molecule has 0 unspecified atom stereocenters. The Labute approximate surface area is 120 Å². The van der Waals surface area contributed by atoms with Gasteiger partial charge in [-0.3, -0.25) is 10.1 Å². The Kier molecular flexibility index (Phi) is 4.75. The minimum atomic E-state index is -0.431. The van der Waals surface area contributed by atoms with Gasteiger partial charge in [0.1, 0.15) is 0 Å². The number of benzene rings is 1. The quantitative estimate of drug-likeness (QED) is 0.334. The molecule has 0 bridgehead atoms. The first-order valence-corrected chi connectivity index (χ1v) is 6.34. The second-order valence-electron chi connectivity index (χ2n) is 4.71. The van der Waals surface area contributed by atoms with E-state index in [0.29, 0.717) is 5.56 Å². The molecule has 18 heavy (non-hydrogen) atoms. The van der Waals surface area contributed by atoms with E-state index >= 15 is 0 Å². The molecular formula is C14H12INO2. The van der Waals surface area contributed by atoms with Gasteiger partial charge in [-0.1, -0.05) is 17.8 Å². The Hall–Kier alpha value is -1.53. The van der Waals surface area contributed by atoms with E-state index in [1.165, 1.54) is 12.1 Å². The number of halogens is 1. The lowest BCUT2D eigenvalue weighted by Crippen LogP contribution is -1.99. The van der Waals surface area contributed by atoms with Gasteiger partial charge < -0.3 is 0 Å². The second-order valence-corrected chi connectivity index (χ2v) is 5.25. The zero-order valence-electron chi connectivity index (χ0n) is 10.4. The summed E-state index contributed by atoms with van der Waals surface area (Å²) in [5.74, 6) is 8.96. The predicted molar refractivity (Wildman–Crippen MR) is 80.3 cm³/mol. The van der Waals surface area contributed by atoms with Crippen LogP contribution in [0.25, 0.3) is 0 Å². The monoisotopic (exact) mass is 353 g/mol. The maximum absolute atomic E-state index is 10.7. The molecule has 0 radical (unpaired) electrons. The van der Waals surface area contributed by atoms with E-state index in [1.54, 1.807) is 6.07 Å². The molecule has 0 atom stereocenters. The summed E-state index contributed by atoms with van der Waals surface area (Å²) >= 11 is 1.90. The van der Waals surface area contributed by atoms with Crippen LogP contribution in [0.1, 0.15) is 31.9 Å². The van der Waals surface area contributed by atoms with Crippen LogP contribution in [0, 0.1) is 37.2 Å². The Balaban J connectivity index is 3.30. The SMILES string of the molecule is CC(C)(C)C#Cc1ccc([N+](=O)[O-])cc1C#CI. The first-order chi connectivity index (χ1) is 8.33. The molecule has 0 saturated carbocycles. The van der Waals surface area contributed by atoms with Crippen LogP contribution in [0.15, 0.2) is 18.2 Å². The highest BCUT2D eigenvalue weighted by molar-refractivity contribution is 14.1. The molecular weight excluding hydrogens is 341 g/mol. The molecule has 4 heteroatoms. The van der Waals surface area contributed by atoms with Gasteiger partial charge in [-0.2, -0.15) is 0 Å². The maximum Gasteiger partial charge on any atom is 0.270 e. The van der Waals surface area contributed by atoms with Crippen molar-refractivity contribution in [3.8, 4) is 21.7 Å². The van der Waals surface area contributed by atoms with Gasteiger partial charge >= 0.3 is 0 Å². The van der Waals surface area contributed by atoms with E-state index in [9.17, 15) is 10.1 Å². The predicted octanol–water partition coefficient (Wildman–Crippen LogP) is 3.74. The summed E-state index contributed by atoms with van der Waals surface area (Å²) in [7, 11) is 0. The highest BCUT2D eigenvalue weighted by Gasteiger charge is 2.09. The lowest BCUT2D eigenvalue weighted by molar-refractivity contribution is -0.384. The first-order valence-electron chi connectivity index (χ1n) is 5.27. The van der Waals surface area contributed by atoms with Crippen molar-refractivity contribution in [1.82, 2.24) is 0 Å². The summed E-state index contributed by atoms with van der Waals surface area (Å²) in [5, 5.41) is 10.7. The maximum atomic E-state index is 10.7. The number of nitro groups is 1. The molecule has 1 aromatic carbocycles. The largest absolute Gasteiger partial charge is 0.270 e. The molecule has 1 aromatic rings. The second kappa shape index (κ2) is 5.88. The minimum absolute atomic E-state index is 0.0328. The fraction of sp³-hybridized carbons (Fsp3) is 0.286. The number of hydrogen-bond donors (Lipinski definition) is 0. The molecule has 0 N–H and O–H groups in total. The van der Waals surface area contributed by atoms with Crippen LogP contribution in [0.4, 0.5) is 5.69 Å². The Morgan fingerprint density at radius 1 is 1.22 bits per heavy atom. The van der Waals surface area contributed by atoms with Crippen molar-refractivity contribution in [2.24, 2.45) is 5.41 Å². The van der Waals surface area contributed by atoms with Crippen LogP contribution in [0.3, 0.4) is 0 Å². The molecule has 0 spiro atoms. The van der Waals surface area contributed by atoms with Gasteiger partial charge in [0.05, 0.1) is 4.92 Å². The van der Waals surface area contributed by atoms with Crippen LogP contribution in [0.2, 0.25) is 0 Å². The summed E-state index contributed by atoms with van der Waals surface area (Å²) in [5.41, 5.74) is 1.23. The standard InChI is InChI=1S/C14H12INO2/c1-14(2,3)8-6-11-4-5-13(16(17)18)10-12(11)7-9-15/h4-5,10H,1-3H3. The third-order valence-electron chi connectivity index (χ3n) is 1.97. The number of hydrogen-bond acceptors (Lipinski definition) is 2. The van der Waals surface area contributed by atoms with Crippen molar-refractivity contribution in [2.75, 3.05) is 0 Å². The number of nitro benzene ring substituents is 1. The van der Waals surface area contributed by atoms with E-state index < -0.39 is 4.92 Å². The van der Waals surface area contributed by atoms with E-state index in [-0.39, 0.29) is 11.1 Å². The molecule has 0 fully saturated rings. The highest BCUT2D eigenvalue weighted by Crippen LogP contribution is 2.18. The number of nitrogens with zero attached hydrogens (tertiary/aromatic N) is 1. The summed E-state index contributed by atoms with van der Waals surface area (Å²) < 4.78 is 2.72. The third kappa shape index (κ3) is 4.38. The van der Waals surface area contributed by atoms with E-state index in [2.05, 4.69) is 21.7 Å². The van der Waals surface area contributed by atoms with Gasteiger partial charge in [0.2, 0.25) is 0 Å². The molecule has 0 aliphatic heterocycles. The lowest BCUT2D eigenvalue weighted by atomic mass is 9.96. The van der Waals surface area contributed by atoms with E-state index in [0.717, 1.165) is 5.56 Å². The number of rotatable bonds is 1. The summed E-state index contributed by atoms with van der Waals surface area (Å²) in [6.45, 7) is 6.03. The molecule has 0 aliphatic rings. The molecule has 0 heterocycles.